The lowest BCUT2D eigenvalue weighted by molar-refractivity contribution is -0.121. The number of anilines is 1. The summed E-state index contributed by atoms with van der Waals surface area (Å²) in [5.74, 6) is 1.10. The Balaban J connectivity index is 1.52. The fourth-order valence-electron chi connectivity index (χ4n) is 2.73. The molecule has 0 saturated heterocycles. The van der Waals surface area contributed by atoms with Crippen LogP contribution in [0.2, 0.25) is 0 Å². The van der Waals surface area contributed by atoms with E-state index in [4.69, 9.17) is 4.42 Å². The van der Waals surface area contributed by atoms with Gasteiger partial charge >= 0.3 is 0 Å². The Labute approximate surface area is 155 Å². The van der Waals surface area contributed by atoms with Crippen LogP contribution < -0.4 is 10.6 Å². The summed E-state index contributed by atoms with van der Waals surface area (Å²) in [5.41, 5.74) is 1.57. The molecule has 8 heteroatoms. The second kappa shape index (κ2) is 7.28. The molecule has 0 aliphatic rings. The van der Waals surface area contributed by atoms with Gasteiger partial charge in [-0.05, 0) is 31.2 Å². The van der Waals surface area contributed by atoms with E-state index < -0.39 is 6.04 Å². The first kappa shape index (κ1) is 16.8. The Morgan fingerprint density at radius 2 is 2.04 bits per heavy atom. The third-order valence-electron chi connectivity index (χ3n) is 4.13. The van der Waals surface area contributed by atoms with Crippen LogP contribution in [0, 0.1) is 0 Å². The van der Waals surface area contributed by atoms with Crippen molar-refractivity contribution in [3.8, 4) is 5.69 Å². The van der Waals surface area contributed by atoms with Crippen LogP contribution in [0.25, 0.3) is 16.7 Å². The molecule has 1 aromatic carbocycles. The monoisotopic (exact) mass is 362 g/mol. The third-order valence-corrected chi connectivity index (χ3v) is 4.13. The van der Waals surface area contributed by atoms with Gasteiger partial charge in [-0.3, -0.25) is 4.79 Å². The third kappa shape index (κ3) is 3.50. The zero-order chi connectivity index (χ0) is 18.6. The summed E-state index contributed by atoms with van der Waals surface area (Å²) in [5, 5.41) is 11.1. The lowest BCUT2D eigenvalue weighted by atomic mass is 10.3. The van der Waals surface area contributed by atoms with Crippen LogP contribution in [-0.2, 0) is 11.3 Å². The van der Waals surface area contributed by atoms with Crippen LogP contribution in [0.1, 0.15) is 12.7 Å². The minimum Gasteiger partial charge on any atom is -0.467 e. The highest BCUT2D eigenvalue weighted by Crippen LogP contribution is 2.22. The average molecular weight is 362 g/mol. The maximum absolute atomic E-state index is 12.3. The van der Waals surface area contributed by atoms with Crippen molar-refractivity contribution in [3.63, 3.8) is 0 Å². The number of carbonyl (C=O) groups is 1. The van der Waals surface area contributed by atoms with Crippen LogP contribution in [0.4, 0.5) is 5.82 Å². The highest BCUT2D eigenvalue weighted by atomic mass is 16.3. The highest BCUT2D eigenvalue weighted by Gasteiger charge is 2.17. The van der Waals surface area contributed by atoms with E-state index in [0.29, 0.717) is 23.8 Å². The van der Waals surface area contributed by atoms with Crippen molar-refractivity contribution in [2.75, 3.05) is 5.32 Å². The SMILES string of the molecule is CC(Nc1ncnc2c1cnn2-c1ccccc1)C(=O)NCc1ccco1. The van der Waals surface area contributed by atoms with Gasteiger partial charge in [-0.1, -0.05) is 18.2 Å². The van der Waals surface area contributed by atoms with Gasteiger partial charge in [0.1, 0.15) is 23.9 Å². The van der Waals surface area contributed by atoms with E-state index in [1.165, 1.54) is 6.33 Å². The second-order valence-corrected chi connectivity index (χ2v) is 6.01. The molecule has 1 atom stereocenters. The molecule has 3 aromatic heterocycles. The first-order valence-electron chi connectivity index (χ1n) is 8.53. The standard InChI is InChI=1S/C19H18N6O2/c1-13(19(26)20-10-15-8-5-9-27-15)24-17-16-11-23-25(18(16)22-12-21-17)14-6-3-2-4-7-14/h2-9,11-13H,10H2,1H3,(H,20,26)(H,21,22,24). The van der Waals surface area contributed by atoms with Crippen molar-refractivity contribution < 1.29 is 9.21 Å². The topological polar surface area (TPSA) is 97.9 Å². The van der Waals surface area contributed by atoms with Crippen molar-refractivity contribution in [3.05, 3.63) is 67.0 Å². The van der Waals surface area contributed by atoms with E-state index in [-0.39, 0.29) is 5.91 Å². The number of aromatic nitrogens is 4. The summed E-state index contributed by atoms with van der Waals surface area (Å²) in [6, 6.07) is 12.8. The lowest BCUT2D eigenvalue weighted by Gasteiger charge is -2.14. The van der Waals surface area contributed by atoms with Gasteiger partial charge in [0.15, 0.2) is 5.65 Å². The van der Waals surface area contributed by atoms with Gasteiger partial charge < -0.3 is 15.1 Å². The highest BCUT2D eigenvalue weighted by molar-refractivity contribution is 5.90. The summed E-state index contributed by atoms with van der Waals surface area (Å²) >= 11 is 0. The molecular weight excluding hydrogens is 344 g/mol. The van der Waals surface area contributed by atoms with E-state index in [1.54, 1.807) is 30.1 Å². The molecule has 8 nitrogen and oxygen atoms in total. The number of fused-ring (bicyclic) bond motifs is 1. The van der Waals surface area contributed by atoms with Crippen LogP contribution >= 0.6 is 0 Å². The molecule has 2 N–H and O–H groups in total. The van der Waals surface area contributed by atoms with E-state index >= 15 is 0 Å². The van der Waals surface area contributed by atoms with Gasteiger partial charge in [0.05, 0.1) is 30.1 Å². The van der Waals surface area contributed by atoms with Crippen LogP contribution in [-0.4, -0.2) is 31.7 Å². The van der Waals surface area contributed by atoms with E-state index in [0.717, 1.165) is 11.1 Å². The van der Waals surface area contributed by atoms with Gasteiger partial charge in [-0.25, -0.2) is 14.6 Å². The molecule has 0 fully saturated rings. The first-order chi connectivity index (χ1) is 13.2. The maximum Gasteiger partial charge on any atom is 0.242 e. The van der Waals surface area contributed by atoms with Crippen molar-refractivity contribution in [1.82, 2.24) is 25.1 Å². The lowest BCUT2D eigenvalue weighted by Crippen LogP contribution is -2.37. The number of amides is 1. The summed E-state index contributed by atoms with van der Waals surface area (Å²) in [4.78, 5) is 20.9. The number of hydrogen-bond donors (Lipinski definition) is 2. The molecule has 1 amide bonds. The number of benzene rings is 1. The predicted octanol–water partition coefficient (Wildman–Crippen LogP) is 2.53. The van der Waals surface area contributed by atoms with Crippen molar-refractivity contribution >= 4 is 22.8 Å². The summed E-state index contributed by atoms with van der Waals surface area (Å²) in [6.45, 7) is 2.11. The minimum absolute atomic E-state index is 0.159. The minimum atomic E-state index is -0.488. The van der Waals surface area contributed by atoms with Crippen molar-refractivity contribution in [2.24, 2.45) is 0 Å². The molecule has 0 aliphatic heterocycles. The molecule has 0 bridgehead atoms. The molecule has 136 valence electrons. The zero-order valence-electron chi connectivity index (χ0n) is 14.7. The number of hydrogen-bond acceptors (Lipinski definition) is 6. The molecule has 3 heterocycles. The van der Waals surface area contributed by atoms with Gasteiger partial charge in [-0.15, -0.1) is 0 Å². The number of furan rings is 1. The Bertz CT molecular complexity index is 1040. The van der Waals surface area contributed by atoms with Crippen LogP contribution in [0.5, 0.6) is 0 Å². The van der Waals surface area contributed by atoms with Crippen LogP contribution in [0.15, 0.2) is 65.7 Å². The largest absolute Gasteiger partial charge is 0.467 e. The molecule has 1 unspecified atom stereocenters. The molecule has 0 radical (unpaired) electrons. The second-order valence-electron chi connectivity index (χ2n) is 6.01. The van der Waals surface area contributed by atoms with Gasteiger partial charge in [-0.2, -0.15) is 5.10 Å². The fourth-order valence-corrected chi connectivity index (χ4v) is 2.73. The molecule has 27 heavy (non-hydrogen) atoms. The normalized spacial score (nSPS) is 12.0. The van der Waals surface area contributed by atoms with E-state index in [1.807, 2.05) is 36.4 Å². The van der Waals surface area contributed by atoms with E-state index in [9.17, 15) is 4.79 Å². The molecule has 0 aliphatic carbocycles. The Kier molecular flexibility index (Phi) is 4.52. The summed E-state index contributed by atoms with van der Waals surface area (Å²) in [6.07, 6.45) is 4.72. The smallest absolute Gasteiger partial charge is 0.242 e. The van der Waals surface area contributed by atoms with Gasteiger partial charge in [0.25, 0.3) is 0 Å². The number of para-hydroxylation sites is 1. The van der Waals surface area contributed by atoms with E-state index in [2.05, 4.69) is 25.7 Å². The van der Waals surface area contributed by atoms with Crippen LogP contribution in [0.3, 0.4) is 0 Å². The number of rotatable bonds is 6. The first-order valence-corrected chi connectivity index (χ1v) is 8.53. The summed E-state index contributed by atoms with van der Waals surface area (Å²) in [7, 11) is 0. The predicted molar refractivity (Wildman–Crippen MR) is 100 cm³/mol. The molecule has 4 aromatic rings. The quantitative estimate of drug-likeness (QED) is 0.547. The Morgan fingerprint density at radius 1 is 1.19 bits per heavy atom. The zero-order valence-corrected chi connectivity index (χ0v) is 14.7. The number of nitrogens with zero attached hydrogens (tertiary/aromatic N) is 4. The molecule has 0 spiro atoms. The Hall–Kier alpha value is -3.68. The number of carbonyl (C=O) groups excluding carboxylic acids is 1. The molecular formula is C19H18N6O2. The van der Waals surface area contributed by atoms with Crippen molar-refractivity contribution in [2.45, 2.75) is 19.5 Å². The average Bonchev–Trinajstić information content (AvgIpc) is 3.37. The fraction of sp³-hybridized carbons (Fsp3) is 0.158. The van der Waals surface area contributed by atoms with Gasteiger partial charge in [0.2, 0.25) is 5.91 Å². The molecule has 0 saturated carbocycles. The number of nitrogens with one attached hydrogen (secondary N) is 2. The Morgan fingerprint density at radius 3 is 2.81 bits per heavy atom. The van der Waals surface area contributed by atoms with Gasteiger partial charge in [0, 0.05) is 0 Å². The maximum atomic E-state index is 12.3. The molecule has 4 rings (SSSR count). The van der Waals surface area contributed by atoms with Crippen molar-refractivity contribution in [1.29, 1.82) is 0 Å². The summed E-state index contributed by atoms with van der Waals surface area (Å²) < 4.78 is 6.96.